The SMILES string of the molecule is Cc1cccc(OC2CCC(N)C2O)c1. The van der Waals surface area contributed by atoms with Crippen LogP contribution in [0.2, 0.25) is 0 Å². The molecular formula is C12H17NO2. The Morgan fingerprint density at radius 1 is 1.40 bits per heavy atom. The summed E-state index contributed by atoms with van der Waals surface area (Å²) in [7, 11) is 0. The minimum Gasteiger partial charge on any atom is -0.488 e. The van der Waals surface area contributed by atoms with Gasteiger partial charge in [0.05, 0.1) is 0 Å². The minimum absolute atomic E-state index is 0.139. The van der Waals surface area contributed by atoms with E-state index in [1.807, 2.05) is 31.2 Å². The Hall–Kier alpha value is -1.06. The Bertz CT molecular complexity index is 340. The first-order valence-electron chi connectivity index (χ1n) is 5.34. The maximum atomic E-state index is 9.74. The number of ether oxygens (including phenoxy) is 1. The van der Waals surface area contributed by atoms with Gasteiger partial charge in [0.2, 0.25) is 0 Å². The van der Waals surface area contributed by atoms with Crippen molar-refractivity contribution in [1.82, 2.24) is 0 Å². The molecule has 0 radical (unpaired) electrons. The summed E-state index contributed by atoms with van der Waals surface area (Å²) in [5.41, 5.74) is 6.88. The van der Waals surface area contributed by atoms with Gasteiger partial charge in [-0.15, -0.1) is 0 Å². The van der Waals surface area contributed by atoms with E-state index in [0.717, 1.165) is 24.2 Å². The van der Waals surface area contributed by atoms with Crippen LogP contribution in [0.4, 0.5) is 0 Å². The van der Waals surface area contributed by atoms with Gasteiger partial charge in [0.15, 0.2) is 0 Å². The highest BCUT2D eigenvalue weighted by Gasteiger charge is 2.33. The molecule has 2 rings (SSSR count). The smallest absolute Gasteiger partial charge is 0.126 e. The second-order valence-electron chi connectivity index (χ2n) is 4.20. The molecule has 1 aromatic rings. The Balaban J connectivity index is 2.03. The number of aliphatic hydroxyl groups excluding tert-OH is 1. The predicted molar refractivity (Wildman–Crippen MR) is 58.8 cm³/mol. The van der Waals surface area contributed by atoms with Gasteiger partial charge in [-0.2, -0.15) is 0 Å². The van der Waals surface area contributed by atoms with Crippen molar-refractivity contribution in [2.75, 3.05) is 0 Å². The van der Waals surface area contributed by atoms with E-state index in [9.17, 15) is 5.11 Å². The van der Waals surface area contributed by atoms with E-state index in [1.54, 1.807) is 0 Å². The largest absolute Gasteiger partial charge is 0.488 e. The molecule has 15 heavy (non-hydrogen) atoms. The zero-order chi connectivity index (χ0) is 10.8. The molecule has 0 spiro atoms. The van der Waals surface area contributed by atoms with Crippen molar-refractivity contribution in [2.45, 2.75) is 38.0 Å². The minimum atomic E-state index is -0.537. The number of nitrogens with two attached hydrogens (primary N) is 1. The summed E-state index contributed by atoms with van der Waals surface area (Å²) in [6.45, 7) is 2.02. The van der Waals surface area contributed by atoms with E-state index in [0.29, 0.717) is 0 Å². The topological polar surface area (TPSA) is 55.5 Å². The Kier molecular flexibility index (Phi) is 2.93. The van der Waals surface area contributed by atoms with Crippen LogP contribution in [0.5, 0.6) is 5.75 Å². The summed E-state index contributed by atoms with van der Waals surface area (Å²) in [5.74, 6) is 0.813. The average molecular weight is 207 g/mol. The average Bonchev–Trinajstić information content (AvgIpc) is 2.50. The van der Waals surface area contributed by atoms with Crippen molar-refractivity contribution in [3.8, 4) is 5.75 Å². The van der Waals surface area contributed by atoms with Crippen LogP contribution >= 0.6 is 0 Å². The normalized spacial score (nSPS) is 30.5. The van der Waals surface area contributed by atoms with Crippen molar-refractivity contribution in [2.24, 2.45) is 5.73 Å². The monoisotopic (exact) mass is 207 g/mol. The zero-order valence-corrected chi connectivity index (χ0v) is 8.89. The standard InChI is InChI=1S/C12H17NO2/c1-8-3-2-4-9(7-8)15-11-6-5-10(13)12(11)14/h2-4,7,10-12,14H,5-6,13H2,1H3. The van der Waals surface area contributed by atoms with Crippen LogP contribution in [-0.4, -0.2) is 23.4 Å². The maximum Gasteiger partial charge on any atom is 0.126 e. The highest BCUT2D eigenvalue weighted by Crippen LogP contribution is 2.24. The molecule has 3 nitrogen and oxygen atoms in total. The molecule has 0 amide bonds. The number of aliphatic hydroxyl groups is 1. The number of rotatable bonds is 2. The van der Waals surface area contributed by atoms with Crippen LogP contribution in [0.3, 0.4) is 0 Å². The Morgan fingerprint density at radius 3 is 2.80 bits per heavy atom. The zero-order valence-electron chi connectivity index (χ0n) is 8.89. The lowest BCUT2D eigenvalue weighted by molar-refractivity contribution is 0.0521. The van der Waals surface area contributed by atoms with Crippen molar-refractivity contribution in [3.05, 3.63) is 29.8 Å². The van der Waals surface area contributed by atoms with E-state index in [-0.39, 0.29) is 12.1 Å². The molecule has 3 atom stereocenters. The van der Waals surface area contributed by atoms with Crippen LogP contribution in [0.15, 0.2) is 24.3 Å². The highest BCUT2D eigenvalue weighted by atomic mass is 16.5. The van der Waals surface area contributed by atoms with Gasteiger partial charge < -0.3 is 15.6 Å². The first-order chi connectivity index (χ1) is 7.16. The Labute approximate surface area is 89.9 Å². The van der Waals surface area contributed by atoms with Crippen LogP contribution in [0, 0.1) is 6.92 Å². The molecule has 0 bridgehead atoms. The number of hydrogen-bond acceptors (Lipinski definition) is 3. The second-order valence-corrected chi connectivity index (χ2v) is 4.20. The highest BCUT2D eigenvalue weighted by molar-refractivity contribution is 5.27. The number of benzene rings is 1. The predicted octanol–water partition coefficient (Wildman–Crippen LogP) is 1.22. The lowest BCUT2D eigenvalue weighted by Crippen LogP contribution is -2.37. The van der Waals surface area contributed by atoms with Crippen LogP contribution in [0.25, 0.3) is 0 Å². The molecule has 0 saturated heterocycles. The molecule has 3 N–H and O–H groups in total. The molecule has 3 heteroatoms. The maximum absolute atomic E-state index is 9.74. The van der Waals surface area contributed by atoms with Crippen molar-refractivity contribution >= 4 is 0 Å². The number of aryl methyl sites for hydroxylation is 1. The molecule has 82 valence electrons. The summed E-state index contributed by atoms with van der Waals surface area (Å²) in [6, 6.07) is 7.70. The van der Waals surface area contributed by atoms with Gasteiger partial charge >= 0.3 is 0 Å². The molecular weight excluding hydrogens is 190 g/mol. The molecule has 1 aliphatic rings. The van der Waals surface area contributed by atoms with E-state index in [2.05, 4.69) is 0 Å². The lowest BCUT2D eigenvalue weighted by atomic mass is 10.2. The van der Waals surface area contributed by atoms with E-state index < -0.39 is 6.10 Å². The molecule has 0 heterocycles. The first-order valence-corrected chi connectivity index (χ1v) is 5.34. The molecule has 3 unspecified atom stereocenters. The summed E-state index contributed by atoms with van der Waals surface area (Å²) in [4.78, 5) is 0. The van der Waals surface area contributed by atoms with Crippen molar-refractivity contribution in [3.63, 3.8) is 0 Å². The molecule has 1 aromatic carbocycles. The van der Waals surface area contributed by atoms with Gasteiger partial charge in [-0.25, -0.2) is 0 Å². The van der Waals surface area contributed by atoms with Gasteiger partial charge in [-0.05, 0) is 37.5 Å². The summed E-state index contributed by atoms with van der Waals surface area (Å²) in [6.07, 6.45) is 0.973. The summed E-state index contributed by atoms with van der Waals surface area (Å²) in [5, 5.41) is 9.74. The third-order valence-electron chi connectivity index (χ3n) is 2.88. The fourth-order valence-corrected chi connectivity index (χ4v) is 1.97. The van der Waals surface area contributed by atoms with Crippen molar-refractivity contribution in [1.29, 1.82) is 0 Å². The lowest BCUT2D eigenvalue weighted by Gasteiger charge is -2.19. The van der Waals surface area contributed by atoms with Gasteiger partial charge in [0.25, 0.3) is 0 Å². The summed E-state index contributed by atoms with van der Waals surface area (Å²) >= 11 is 0. The van der Waals surface area contributed by atoms with Gasteiger partial charge in [-0.1, -0.05) is 12.1 Å². The van der Waals surface area contributed by atoms with Gasteiger partial charge in [-0.3, -0.25) is 0 Å². The second kappa shape index (κ2) is 4.21. The first kappa shape index (κ1) is 10.5. The fraction of sp³-hybridized carbons (Fsp3) is 0.500. The van der Waals surface area contributed by atoms with E-state index in [4.69, 9.17) is 10.5 Å². The third kappa shape index (κ3) is 2.30. The van der Waals surface area contributed by atoms with Crippen LogP contribution in [-0.2, 0) is 0 Å². The molecule has 0 aromatic heterocycles. The quantitative estimate of drug-likeness (QED) is 0.766. The molecule has 1 fully saturated rings. The summed E-state index contributed by atoms with van der Waals surface area (Å²) < 4.78 is 5.71. The molecule has 1 saturated carbocycles. The molecule has 1 aliphatic carbocycles. The van der Waals surface area contributed by atoms with Crippen LogP contribution in [0.1, 0.15) is 18.4 Å². The Morgan fingerprint density at radius 2 is 2.20 bits per heavy atom. The van der Waals surface area contributed by atoms with Crippen LogP contribution < -0.4 is 10.5 Å². The van der Waals surface area contributed by atoms with E-state index in [1.165, 1.54) is 0 Å². The third-order valence-corrected chi connectivity index (χ3v) is 2.88. The van der Waals surface area contributed by atoms with Gasteiger partial charge in [0, 0.05) is 6.04 Å². The van der Waals surface area contributed by atoms with Gasteiger partial charge in [0.1, 0.15) is 18.0 Å². The molecule has 0 aliphatic heterocycles. The van der Waals surface area contributed by atoms with E-state index >= 15 is 0 Å². The fourth-order valence-electron chi connectivity index (χ4n) is 1.97. The number of hydrogen-bond donors (Lipinski definition) is 2. The van der Waals surface area contributed by atoms with Crippen molar-refractivity contribution < 1.29 is 9.84 Å².